The Morgan fingerprint density at radius 3 is 1.15 bits per heavy atom. The van der Waals surface area contributed by atoms with Crippen LogP contribution in [0.3, 0.4) is 0 Å². The smallest absolute Gasteiger partial charge is 0.314 e. The molecule has 0 rings (SSSR count). The number of hydrogen-bond donors (Lipinski definition) is 1. The first kappa shape index (κ1) is 25.8. The molecule has 1 nitrogen and oxygen atoms in total. The van der Waals surface area contributed by atoms with Crippen LogP contribution in [0.1, 0.15) is 0 Å². The first-order chi connectivity index (χ1) is 11.5. The average Bonchev–Trinajstić information content (AvgIpc) is 2.45. The van der Waals surface area contributed by atoms with Gasteiger partial charge in [-0.05, 0) is 7.05 Å². The molecule has 0 atom stereocenters. The molecule has 1 N–H and O–H groups in total. The maximum Gasteiger partial charge on any atom is 0.384 e. The fraction of sp³-hybridized carbons (Fsp3) is 1.00. The van der Waals surface area contributed by atoms with E-state index in [1.807, 2.05) is 0 Å². The molecule has 0 unspecified atom stereocenters. The molecule has 0 saturated heterocycles. The molecule has 17 heteroatoms. The molecule has 0 aliphatic rings. The van der Waals surface area contributed by atoms with Gasteiger partial charge in [-0.2, -0.15) is 61.5 Å². The Bertz CT molecular complexity index is 523. The van der Waals surface area contributed by atoms with Crippen LogP contribution in [-0.2, 0) is 0 Å². The van der Waals surface area contributed by atoms with Gasteiger partial charge in [0.2, 0.25) is 0 Å². The lowest BCUT2D eigenvalue weighted by molar-refractivity contribution is -0.446. The number of alkyl halides is 16. The molecular formula is C10H7F16N. The molecule has 0 fully saturated rings. The van der Waals surface area contributed by atoms with Gasteiger partial charge < -0.3 is 5.32 Å². The van der Waals surface area contributed by atoms with Crippen LogP contribution >= 0.6 is 0 Å². The molecular weight excluding hydrogens is 438 g/mol. The van der Waals surface area contributed by atoms with Crippen molar-refractivity contribution < 1.29 is 70.2 Å². The van der Waals surface area contributed by atoms with Gasteiger partial charge in [-0.1, -0.05) is 0 Å². The van der Waals surface area contributed by atoms with Crippen molar-refractivity contribution in [1.82, 2.24) is 5.32 Å². The maximum absolute atomic E-state index is 13.2. The van der Waals surface area contributed by atoms with Crippen molar-refractivity contribution in [3.05, 3.63) is 0 Å². The van der Waals surface area contributed by atoms with Crippen LogP contribution in [0.25, 0.3) is 0 Å². The average molecular weight is 445 g/mol. The minimum Gasteiger partial charge on any atom is -0.314 e. The van der Waals surface area contributed by atoms with Gasteiger partial charge in [0.05, 0.1) is 6.54 Å². The van der Waals surface area contributed by atoms with Crippen LogP contribution < -0.4 is 5.32 Å². The highest BCUT2D eigenvalue weighted by Crippen LogP contribution is 2.62. The second-order valence-corrected chi connectivity index (χ2v) is 5.03. The molecule has 0 aromatic heterocycles. The van der Waals surface area contributed by atoms with Crippen molar-refractivity contribution in [3.63, 3.8) is 0 Å². The van der Waals surface area contributed by atoms with Gasteiger partial charge in [-0.15, -0.1) is 0 Å². The zero-order chi connectivity index (χ0) is 22.5. The van der Waals surface area contributed by atoms with E-state index in [2.05, 4.69) is 0 Å². The second-order valence-electron chi connectivity index (χ2n) is 5.03. The van der Waals surface area contributed by atoms with Gasteiger partial charge in [0, 0.05) is 0 Å². The van der Waals surface area contributed by atoms with E-state index < -0.39 is 54.4 Å². The lowest BCUT2D eigenvalue weighted by atomic mass is 9.89. The Labute approximate surface area is 138 Å². The van der Waals surface area contributed by atoms with Gasteiger partial charge in [0.15, 0.2) is 0 Å². The number of nitrogens with one attached hydrogen (secondary N) is 1. The minimum atomic E-state index is -8.33. The molecule has 0 heterocycles. The maximum atomic E-state index is 13.2. The summed E-state index contributed by atoms with van der Waals surface area (Å²) in [7, 11) is 0.381. The molecule has 0 aliphatic heterocycles. The van der Waals surface area contributed by atoms with Crippen LogP contribution in [0.15, 0.2) is 0 Å². The third-order valence-electron chi connectivity index (χ3n) is 3.13. The molecule has 0 saturated carbocycles. The number of hydrogen-bond acceptors (Lipinski definition) is 1. The van der Waals surface area contributed by atoms with Crippen LogP contribution in [0.5, 0.6) is 0 Å². The van der Waals surface area contributed by atoms with E-state index in [0.29, 0.717) is 7.05 Å². The highest BCUT2D eigenvalue weighted by molar-refractivity contribution is 5.14. The van der Waals surface area contributed by atoms with E-state index >= 15 is 0 Å². The van der Waals surface area contributed by atoms with E-state index in [1.165, 1.54) is 0 Å². The molecule has 0 radical (unpaired) electrons. The summed E-state index contributed by atoms with van der Waals surface area (Å²) in [6.45, 7) is -2.57. The predicted molar refractivity (Wildman–Crippen MR) is 54.6 cm³/mol. The van der Waals surface area contributed by atoms with Crippen molar-refractivity contribution in [1.29, 1.82) is 0 Å². The zero-order valence-electron chi connectivity index (χ0n) is 12.3. The SMILES string of the molecule is CNCC(F)(F)C(F)(F)C(F)(F)C(F)(F)C(F)(F)C(F)(F)C(F)(F)C(F)F. The molecule has 0 spiro atoms. The fourth-order valence-electron chi connectivity index (χ4n) is 1.50. The Balaban J connectivity index is 6.53. The number of rotatable bonds is 9. The van der Waals surface area contributed by atoms with Crippen molar-refractivity contribution in [2.45, 2.75) is 47.9 Å². The summed E-state index contributed by atoms with van der Waals surface area (Å²) < 4.78 is 205. The third kappa shape index (κ3) is 3.28. The van der Waals surface area contributed by atoms with E-state index in [-0.39, 0.29) is 0 Å². The summed E-state index contributed by atoms with van der Waals surface area (Å²) in [6, 6.07) is 0. The summed E-state index contributed by atoms with van der Waals surface area (Å²) >= 11 is 0. The summed E-state index contributed by atoms with van der Waals surface area (Å²) in [5.74, 6) is -54.0. The summed E-state index contributed by atoms with van der Waals surface area (Å²) in [5, 5.41) is 1.08. The van der Waals surface area contributed by atoms with Gasteiger partial charge in [0.25, 0.3) is 0 Å². The van der Waals surface area contributed by atoms with Gasteiger partial charge in [-0.3, -0.25) is 0 Å². The van der Waals surface area contributed by atoms with Gasteiger partial charge in [0.1, 0.15) is 0 Å². The standard InChI is InChI=1S/C10H7F16N/c1-27-2-4(13,14)6(17,18)8(21,22)10(25,26)9(23,24)7(19,20)5(15,16)3(11)12/h3,27H,2H2,1H3. The topological polar surface area (TPSA) is 12.0 Å². The van der Waals surface area contributed by atoms with Crippen molar-refractivity contribution in [2.24, 2.45) is 0 Å². The Hall–Kier alpha value is -1.16. The van der Waals surface area contributed by atoms with E-state index in [4.69, 9.17) is 0 Å². The van der Waals surface area contributed by atoms with Gasteiger partial charge in [-0.25, -0.2) is 8.78 Å². The highest BCUT2D eigenvalue weighted by Gasteiger charge is 2.93. The van der Waals surface area contributed by atoms with Crippen molar-refractivity contribution >= 4 is 0 Å². The van der Waals surface area contributed by atoms with Crippen LogP contribution in [0.2, 0.25) is 0 Å². The number of halogens is 16. The lowest BCUT2D eigenvalue weighted by Crippen LogP contribution is -2.74. The molecule has 0 aromatic rings. The molecule has 0 aliphatic carbocycles. The van der Waals surface area contributed by atoms with Crippen molar-refractivity contribution in [2.75, 3.05) is 13.6 Å². The third-order valence-corrected chi connectivity index (χ3v) is 3.13. The fourth-order valence-corrected chi connectivity index (χ4v) is 1.50. The first-order valence-corrected chi connectivity index (χ1v) is 6.08. The second kappa shape index (κ2) is 6.72. The largest absolute Gasteiger partial charge is 0.384 e. The van der Waals surface area contributed by atoms with E-state index in [1.54, 1.807) is 0 Å². The summed E-state index contributed by atoms with van der Waals surface area (Å²) in [6.07, 6.45) is -5.84. The molecule has 0 aromatic carbocycles. The van der Waals surface area contributed by atoms with Crippen LogP contribution in [0, 0.1) is 0 Å². The Morgan fingerprint density at radius 1 is 0.556 bits per heavy atom. The molecule has 27 heavy (non-hydrogen) atoms. The molecule has 0 bridgehead atoms. The summed E-state index contributed by atoms with van der Waals surface area (Å²) in [5.41, 5.74) is 0. The highest BCUT2D eigenvalue weighted by atomic mass is 19.4. The van der Waals surface area contributed by atoms with E-state index in [0.717, 1.165) is 5.32 Å². The lowest BCUT2D eigenvalue weighted by Gasteiger charge is -2.42. The monoisotopic (exact) mass is 445 g/mol. The van der Waals surface area contributed by atoms with Crippen molar-refractivity contribution in [3.8, 4) is 0 Å². The normalized spacial score (nSPS) is 16.2. The predicted octanol–water partition coefficient (Wildman–Crippen LogP) is 4.92. The Kier molecular flexibility index (Phi) is 6.43. The molecule has 0 amide bonds. The first-order valence-electron chi connectivity index (χ1n) is 6.08. The summed E-state index contributed by atoms with van der Waals surface area (Å²) in [4.78, 5) is 0. The molecule has 164 valence electrons. The van der Waals surface area contributed by atoms with Gasteiger partial charge >= 0.3 is 47.9 Å². The quantitative estimate of drug-likeness (QED) is 0.498. The van der Waals surface area contributed by atoms with Crippen LogP contribution in [0.4, 0.5) is 70.2 Å². The Morgan fingerprint density at radius 2 is 0.852 bits per heavy atom. The van der Waals surface area contributed by atoms with E-state index in [9.17, 15) is 70.2 Å². The minimum absolute atomic E-state index is 0.381. The zero-order valence-corrected chi connectivity index (χ0v) is 12.3. The van der Waals surface area contributed by atoms with Crippen LogP contribution in [-0.4, -0.2) is 61.5 Å².